The Bertz CT molecular complexity index is 903. The summed E-state index contributed by atoms with van der Waals surface area (Å²) in [6.45, 7) is 0.950. The monoisotopic (exact) mass is 383 g/mol. The van der Waals surface area contributed by atoms with E-state index >= 15 is 0 Å². The summed E-state index contributed by atoms with van der Waals surface area (Å²) in [4.78, 5) is 26.1. The minimum Gasteiger partial charge on any atom is -0.469 e. The summed E-state index contributed by atoms with van der Waals surface area (Å²) >= 11 is 6.20. The molecule has 6 nitrogen and oxygen atoms in total. The molecule has 138 valence electrons. The first-order chi connectivity index (χ1) is 12.4. The van der Waals surface area contributed by atoms with Gasteiger partial charge in [0.2, 0.25) is 0 Å². The van der Waals surface area contributed by atoms with Crippen molar-refractivity contribution in [1.82, 2.24) is 9.78 Å². The first-order valence-corrected chi connectivity index (χ1v) is 8.36. The Kier molecular flexibility index (Phi) is 5.22. The molecule has 3 rings (SSSR count). The Morgan fingerprint density at radius 3 is 2.81 bits per heavy atom. The number of piperidine rings is 1. The van der Waals surface area contributed by atoms with Gasteiger partial charge in [-0.15, -0.1) is 0 Å². The number of methoxy groups -OCH3 is 1. The highest BCUT2D eigenvalue weighted by Crippen LogP contribution is 2.28. The SMILES string of the molecule is COC(=O)[C@H]1CCCN(c2cnn(-c3ccc(F)cc3F)c(=O)c2Cl)C1. The number of carbonyl (C=O) groups excluding carboxylic acids is 1. The highest BCUT2D eigenvalue weighted by Gasteiger charge is 2.28. The third-order valence-electron chi connectivity index (χ3n) is 4.34. The molecule has 0 amide bonds. The molecular formula is C17H16ClF2N3O3. The summed E-state index contributed by atoms with van der Waals surface area (Å²) in [6.07, 6.45) is 2.75. The molecule has 1 aromatic carbocycles. The first kappa shape index (κ1) is 18.3. The quantitative estimate of drug-likeness (QED) is 0.762. The van der Waals surface area contributed by atoms with Crippen molar-refractivity contribution in [1.29, 1.82) is 0 Å². The smallest absolute Gasteiger partial charge is 0.310 e. The van der Waals surface area contributed by atoms with E-state index in [0.717, 1.165) is 23.2 Å². The average molecular weight is 384 g/mol. The largest absolute Gasteiger partial charge is 0.469 e. The lowest BCUT2D eigenvalue weighted by Gasteiger charge is -2.33. The lowest BCUT2D eigenvalue weighted by Crippen LogP contribution is -2.40. The molecule has 1 fully saturated rings. The van der Waals surface area contributed by atoms with Crippen LogP contribution in [0.3, 0.4) is 0 Å². The molecule has 0 spiro atoms. The van der Waals surface area contributed by atoms with Crippen LogP contribution in [0.5, 0.6) is 0 Å². The molecule has 0 unspecified atom stereocenters. The number of esters is 1. The molecule has 1 saturated heterocycles. The summed E-state index contributed by atoms with van der Waals surface area (Å²) in [7, 11) is 1.33. The molecule has 0 N–H and O–H groups in total. The molecule has 1 aromatic heterocycles. The van der Waals surface area contributed by atoms with Crippen molar-refractivity contribution in [3.05, 3.63) is 51.4 Å². The maximum atomic E-state index is 13.9. The molecule has 1 aliphatic heterocycles. The summed E-state index contributed by atoms with van der Waals surface area (Å²) < 4.78 is 32.6. The number of ether oxygens (including phenoxy) is 1. The van der Waals surface area contributed by atoms with Crippen LogP contribution in [0.15, 0.2) is 29.2 Å². The predicted octanol–water partition coefficient (Wildman–Crippen LogP) is 2.55. The highest BCUT2D eigenvalue weighted by atomic mass is 35.5. The van der Waals surface area contributed by atoms with Crippen molar-refractivity contribution in [3.63, 3.8) is 0 Å². The second kappa shape index (κ2) is 7.41. The fourth-order valence-corrected chi connectivity index (χ4v) is 3.27. The molecule has 0 saturated carbocycles. The van der Waals surface area contributed by atoms with Gasteiger partial charge in [-0.25, -0.2) is 8.78 Å². The van der Waals surface area contributed by atoms with Crippen molar-refractivity contribution in [2.45, 2.75) is 12.8 Å². The predicted molar refractivity (Wildman–Crippen MR) is 91.7 cm³/mol. The van der Waals surface area contributed by atoms with Gasteiger partial charge in [0.1, 0.15) is 16.5 Å². The first-order valence-electron chi connectivity index (χ1n) is 7.98. The zero-order valence-electron chi connectivity index (χ0n) is 13.9. The molecule has 9 heteroatoms. The van der Waals surface area contributed by atoms with Crippen LogP contribution in [0.1, 0.15) is 12.8 Å². The Hall–Kier alpha value is -2.48. The maximum absolute atomic E-state index is 13.9. The fourth-order valence-electron chi connectivity index (χ4n) is 3.02. The van der Waals surface area contributed by atoms with E-state index in [1.54, 1.807) is 4.90 Å². The number of aromatic nitrogens is 2. The van der Waals surface area contributed by atoms with Gasteiger partial charge in [0.15, 0.2) is 5.82 Å². The third kappa shape index (κ3) is 3.41. The topological polar surface area (TPSA) is 64.4 Å². The van der Waals surface area contributed by atoms with Gasteiger partial charge in [-0.3, -0.25) is 9.59 Å². The number of nitrogens with zero attached hydrogens (tertiary/aromatic N) is 3. The second-order valence-corrected chi connectivity index (χ2v) is 6.34. The van der Waals surface area contributed by atoms with Crippen molar-refractivity contribution < 1.29 is 18.3 Å². The van der Waals surface area contributed by atoms with Gasteiger partial charge in [-0.1, -0.05) is 11.6 Å². The number of hydrogen-bond donors (Lipinski definition) is 0. The molecule has 0 aliphatic carbocycles. The Morgan fingerprint density at radius 2 is 2.12 bits per heavy atom. The van der Waals surface area contributed by atoms with E-state index in [0.29, 0.717) is 31.3 Å². The van der Waals surface area contributed by atoms with E-state index < -0.39 is 17.2 Å². The number of halogens is 3. The lowest BCUT2D eigenvalue weighted by molar-refractivity contribution is -0.145. The summed E-state index contributed by atoms with van der Waals surface area (Å²) in [5.74, 6) is -2.32. The average Bonchev–Trinajstić information content (AvgIpc) is 2.64. The van der Waals surface area contributed by atoms with Crippen molar-refractivity contribution >= 4 is 23.3 Å². The molecule has 2 heterocycles. The molecule has 1 aliphatic rings. The van der Waals surface area contributed by atoms with Gasteiger partial charge in [-0.05, 0) is 25.0 Å². The number of benzene rings is 1. The Labute approximate surface area is 152 Å². The highest BCUT2D eigenvalue weighted by molar-refractivity contribution is 6.33. The van der Waals surface area contributed by atoms with Crippen molar-refractivity contribution in [3.8, 4) is 5.69 Å². The summed E-state index contributed by atoms with van der Waals surface area (Å²) in [5, 5.41) is 3.82. The zero-order valence-corrected chi connectivity index (χ0v) is 14.7. The zero-order chi connectivity index (χ0) is 18.8. The van der Waals surface area contributed by atoms with Crippen LogP contribution in [0.4, 0.5) is 14.5 Å². The second-order valence-electron chi connectivity index (χ2n) is 5.96. The summed E-state index contributed by atoms with van der Waals surface area (Å²) in [5.41, 5.74) is -0.560. The third-order valence-corrected chi connectivity index (χ3v) is 4.69. The van der Waals surface area contributed by atoms with E-state index in [-0.39, 0.29) is 22.6 Å². The van der Waals surface area contributed by atoms with Crippen LogP contribution in [-0.4, -0.2) is 35.9 Å². The Morgan fingerprint density at radius 1 is 1.35 bits per heavy atom. The maximum Gasteiger partial charge on any atom is 0.310 e. The summed E-state index contributed by atoms with van der Waals surface area (Å²) in [6, 6.07) is 2.81. The van der Waals surface area contributed by atoms with Crippen LogP contribution >= 0.6 is 11.6 Å². The van der Waals surface area contributed by atoms with E-state index in [4.69, 9.17) is 16.3 Å². The van der Waals surface area contributed by atoms with Gasteiger partial charge < -0.3 is 9.64 Å². The van der Waals surface area contributed by atoms with Crippen LogP contribution < -0.4 is 10.5 Å². The molecule has 26 heavy (non-hydrogen) atoms. The number of carbonyl (C=O) groups is 1. The van der Waals surface area contributed by atoms with Gasteiger partial charge in [0.25, 0.3) is 5.56 Å². The van der Waals surface area contributed by atoms with Gasteiger partial charge >= 0.3 is 5.97 Å². The molecule has 2 aromatic rings. The van der Waals surface area contributed by atoms with Gasteiger partial charge in [0, 0.05) is 19.2 Å². The van der Waals surface area contributed by atoms with E-state index in [1.165, 1.54) is 13.3 Å². The number of hydrogen-bond acceptors (Lipinski definition) is 5. The Balaban J connectivity index is 1.95. The van der Waals surface area contributed by atoms with Crippen LogP contribution in [0.2, 0.25) is 5.02 Å². The number of anilines is 1. The molecule has 1 atom stereocenters. The van der Waals surface area contributed by atoms with Crippen LogP contribution in [0, 0.1) is 17.6 Å². The van der Waals surface area contributed by atoms with Crippen molar-refractivity contribution in [2.75, 3.05) is 25.1 Å². The van der Waals surface area contributed by atoms with E-state index in [2.05, 4.69) is 5.10 Å². The normalized spacial score (nSPS) is 17.2. The molecule has 0 radical (unpaired) electrons. The van der Waals surface area contributed by atoms with Crippen LogP contribution in [0.25, 0.3) is 5.69 Å². The fraction of sp³-hybridized carbons (Fsp3) is 0.353. The van der Waals surface area contributed by atoms with E-state index in [1.807, 2.05) is 0 Å². The van der Waals surface area contributed by atoms with Gasteiger partial charge in [0.05, 0.1) is 24.9 Å². The standard InChI is InChI=1S/C17H16ClF2N3O3/c1-26-17(25)10-3-2-6-22(9-10)14-8-21-23(16(24)15(14)18)13-5-4-11(19)7-12(13)20/h4-5,7-8,10H,2-3,6,9H2,1H3/t10-/m0/s1. The van der Waals surface area contributed by atoms with Gasteiger partial charge in [-0.2, -0.15) is 9.78 Å². The molecular weight excluding hydrogens is 368 g/mol. The minimum absolute atomic E-state index is 0.144. The molecule has 0 bridgehead atoms. The van der Waals surface area contributed by atoms with Crippen molar-refractivity contribution in [2.24, 2.45) is 5.92 Å². The lowest BCUT2D eigenvalue weighted by atomic mass is 9.98. The van der Waals surface area contributed by atoms with E-state index in [9.17, 15) is 18.4 Å². The van der Waals surface area contributed by atoms with Crippen LogP contribution in [-0.2, 0) is 9.53 Å². The number of rotatable bonds is 3. The minimum atomic E-state index is -0.924.